The quantitative estimate of drug-likeness (QED) is 0.0426. The van der Waals surface area contributed by atoms with Crippen molar-refractivity contribution in [3.63, 3.8) is 0 Å². The van der Waals surface area contributed by atoms with E-state index in [9.17, 15) is 4.79 Å². The number of methoxy groups -OCH3 is 2. The van der Waals surface area contributed by atoms with Crippen LogP contribution in [0.15, 0.2) is 164 Å². The van der Waals surface area contributed by atoms with Crippen molar-refractivity contribution < 1.29 is 32.6 Å². The Morgan fingerprint density at radius 3 is 1.72 bits per heavy atom. The lowest BCUT2D eigenvalue weighted by atomic mass is 9.77. The zero-order chi connectivity index (χ0) is 55.5. The Morgan fingerprint density at radius 1 is 0.641 bits per heavy atom. The van der Waals surface area contributed by atoms with Crippen LogP contribution in [0.1, 0.15) is 92.4 Å². The molecule has 0 saturated carbocycles. The number of hydrogen-bond acceptors (Lipinski definition) is 12. The number of ether oxygens (including phenoxy) is 4. The minimum atomic E-state index is -2.37. The van der Waals surface area contributed by atoms with Gasteiger partial charge in [-0.1, -0.05) is 157 Å². The summed E-state index contributed by atoms with van der Waals surface area (Å²) in [5.74, 6) is 2.32. The number of imidazole rings is 1. The first-order valence-corrected chi connectivity index (χ1v) is 32.5. The SMILES string of the molecule is COc1ccc(C(Nc2nc(OCc3ccccc3)c3nc(Nc4ccc(C(=O)c5ccccc5)cc4)n([C@H]4C[C@H](O[Si](C)(C)C(C)(C)C)[C@@H](CO[Si](C)(C)C(C)(C)C)O4)c3n2)(c2ccccc2)c2ccc(OC)cc2)cc1. The zero-order valence-electron chi connectivity index (χ0n) is 47.1. The van der Waals surface area contributed by atoms with Crippen molar-refractivity contribution in [1.82, 2.24) is 19.5 Å². The van der Waals surface area contributed by atoms with Gasteiger partial charge in [0.2, 0.25) is 17.8 Å². The smallest absolute Gasteiger partial charge is 0.247 e. The van der Waals surface area contributed by atoms with E-state index in [1.165, 1.54) is 0 Å². The van der Waals surface area contributed by atoms with Crippen molar-refractivity contribution in [2.24, 2.45) is 0 Å². The van der Waals surface area contributed by atoms with Gasteiger partial charge < -0.3 is 38.4 Å². The first kappa shape index (κ1) is 55.6. The molecule has 8 aromatic rings. The summed E-state index contributed by atoms with van der Waals surface area (Å²) in [5.41, 5.74) is 5.33. The van der Waals surface area contributed by atoms with Crippen molar-refractivity contribution in [2.45, 2.75) is 115 Å². The number of ketones is 1. The number of rotatable bonds is 20. The topological polar surface area (TPSA) is 140 Å². The molecule has 0 aliphatic carbocycles. The number of nitrogens with zero attached hydrogens (tertiary/aromatic N) is 4. The Bertz CT molecular complexity index is 3240. The summed E-state index contributed by atoms with van der Waals surface area (Å²) < 4.78 is 41.8. The molecule has 0 radical (unpaired) electrons. The van der Waals surface area contributed by atoms with Crippen molar-refractivity contribution in [3.8, 4) is 17.4 Å². The number of hydrogen-bond donors (Lipinski definition) is 2. The van der Waals surface area contributed by atoms with Gasteiger partial charge >= 0.3 is 0 Å². The molecule has 1 aliphatic heterocycles. The summed E-state index contributed by atoms with van der Waals surface area (Å²) in [6.45, 7) is 23.2. The standard InChI is InChI=1S/C63H74N6O7Si2/c1-61(2,3)77(9,10)74-42-53-52(76-78(11,12)62(4,5)6)40-54(75-53)69-57-55(65-60(69)64-49-34-28-45(29-35-49)56(70)44-24-18-14-19-25-44)58(73-41-43-22-16-13-17-23-43)67-59(66-57)68-63(46-26-20-15-21-27-46,47-30-36-50(71-7)37-31-47)48-32-38-51(72-8)39-33-48/h13-39,52-54H,40-42H2,1-12H3,(H,64,65)(H,66,67,68)/t52-,53+,54+/m0/s1. The van der Waals surface area contributed by atoms with Gasteiger partial charge in [-0.3, -0.25) is 9.36 Å². The number of fused-ring (bicyclic) bond motifs is 1. The highest BCUT2D eigenvalue weighted by Crippen LogP contribution is 2.46. The number of carbonyl (C=O) groups excluding carboxylic acids is 1. The van der Waals surface area contributed by atoms with Crippen molar-refractivity contribution in [1.29, 1.82) is 0 Å². The fourth-order valence-corrected chi connectivity index (χ4v) is 11.6. The Morgan fingerprint density at radius 2 is 1.17 bits per heavy atom. The normalized spacial score (nSPS) is 16.2. The van der Waals surface area contributed by atoms with E-state index in [1.54, 1.807) is 14.2 Å². The van der Waals surface area contributed by atoms with Gasteiger partial charge in [0.05, 0.1) is 26.9 Å². The van der Waals surface area contributed by atoms with Crippen LogP contribution in [0.4, 0.5) is 17.6 Å². The van der Waals surface area contributed by atoms with E-state index < -0.39 is 34.5 Å². The second kappa shape index (κ2) is 22.7. The summed E-state index contributed by atoms with van der Waals surface area (Å²) in [4.78, 5) is 29.7. The molecule has 0 spiro atoms. The van der Waals surface area contributed by atoms with Crippen LogP contribution in [0.2, 0.25) is 36.3 Å². The number of benzene rings is 6. The van der Waals surface area contributed by atoms with Crippen LogP contribution in [-0.2, 0) is 25.7 Å². The summed E-state index contributed by atoms with van der Waals surface area (Å²) in [6.07, 6.45) is -0.915. The van der Waals surface area contributed by atoms with Crippen LogP contribution in [0.3, 0.4) is 0 Å². The Balaban J connectivity index is 1.25. The summed E-state index contributed by atoms with van der Waals surface area (Å²) in [6, 6.07) is 53.0. The molecule has 2 aromatic heterocycles. The van der Waals surface area contributed by atoms with E-state index in [1.807, 2.05) is 132 Å². The molecule has 0 unspecified atom stereocenters. The monoisotopic (exact) mass is 1080 g/mol. The summed E-state index contributed by atoms with van der Waals surface area (Å²) in [5, 5.41) is 7.45. The lowest BCUT2D eigenvalue weighted by Crippen LogP contribution is -2.48. The van der Waals surface area contributed by atoms with Gasteiger partial charge in [0, 0.05) is 23.2 Å². The average Bonchev–Trinajstić information content (AvgIpc) is 4.15. The molecule has 1 fully saturated rings. The molecule has 3 heterocycles. The van der Waals surface area contributed by atoms with Gasteiger partial charge in [0.1, 0.15) is 36.0 Å². The molecule has 0 amide bonds. The van der Waals surface area contributed by atoms with Gasteiger partial charge in [-0.25, -0.2) is 4.98 Å². The van der Waals surface area contributed by atoms with Crippen LogP contribution in [0.25, 0.3) is 11.2 Å². The predicted octanol–water partition coefficient (Wildman–Crippen LogP) is 14.5. The number of carbonyl (C=O) groups is 1. The van der Waals surface area contributed by atoms with Crippen LogP contribution < -0.4 is 24.8 Å². The highest BCUT2D eigenvalue weighted by Gasteiger charge is 2.48. The Hall–Kier alpha value is -7.15. The molecule has 2 N–H and O–H groups in total. The predicted molar refractivity (Wildman–Crippen MR) is 315 cm³/mol. The molecule has 6 aromatic carbocycles. The third-order valence-corrected chi connectivity index (χ3v) is 24.9. The maximum absolute atomic E-state index is 13.6. The molecule has 78 heavy (non-hydrogen) atoms. The van der Waals surface area contributed by atoms with Crippen molar-refractivity contribution in [3.05, 3.63) is 197 Å². The minimum absolute atomic E-state index is 0.0250. The number of aromatic nitrogens is 4. The fourth-order valence-electron chi connectivity index (χ4n) is 9.23. The lowest BCUT2D eigenvalue weighted by Gasteiger charge is -2.40. The zero-order valence-corrected chi connectivity index (χ0v) is 49.1. The summed E-state index contributed by atoms with van der Waals surface area (Å²) >= 11 is 0. The molecular weight excluding hydrogens is 1010 g/mol. The number of nitrogens with one attached hydrogen (secondary N) is 2. The van der Waals surface area contributed by atoms with Crippen molar-refractivity contribution >= 4 is 51.2 Å². The highest BCUT2D eigenvalue weighted by molar-refractivity contribution is 6.74. The lowest BCUT2D eigenvalue weighted by molar-refractivity contribution is -0.0376. The van der Waals surface area contributed by atoms with Gasteiger partial charge in [-0.2, -0.15) is 9.97 Å². The van der Waals surface area contributed by atoms with E-state index in [-0.39, 0.29) is 40.4 Å². The van der Waals surface area contributed by atoms with Crippen molar-refractivity contribution in [2.75, 3.05) is 31.5 Å². The maximum atomic E-state index is 13.6. The second-order valence-electron chi connectivity index (χ2n) is 23.1. The maximum Gasteiger partial charge on any atom is 0.247 e. The molecule has 9 rings (SSSR count). The third-order valence-electron chi connectivity index (χ3n) is 15.9. The average molecular weight is 1080 g/mol. The first-order chi connectivity index (χ1) is 37.2. The van der Waals surface area contributed by atoms with Crippen LogP contribution in [0.5, 0.6) is 17.4 Å². The Labute approximate surface area is 462 Å². The number of anilines is 3. The molecular formula is C63H74N6O7Si2. The van der Waals surface area contributed by atoms with Crippen LogP contribution in [0, 0.1) is 0 Å². The van der Waals surface area contributed by atoms with E-state index in [2.05, 4.69) is 115 Å². The van der Waals surface area contributed by atoms with E-state index in [0.717, 1.165) is 22.3 Å². The molecule has 3 atom stereocenters. The largest absolute Gasteiger partial charge is 0.497 e. The third kappa shape index (κ3) is 11.8. The van der Waals surface area contributed by atoms with Gasteiger partial charge in [-0.05, 0) is 107 Å². The summed E-state index contributed by atoms with van der Waals surface area (Å²) in [7, 11) is -1.28. The molecule has 0 bridgehead atoms. The van der Waals surface area contributed by atoms with E-state index >= 15 is 0 Å². The molecule has 406 valence electrons. The van der Waals surface area contributed by atoms with E-state index in [0.29, 0.717) is 58.5 Å². The van der Waals surface area contributed by atoms with Crippen LogP contribution >= 0.6 is 0 Å². The fraction of sp³-hybridized carbons (Fsp3) is 0.333. The highest BCUT2D eigenvalue weighted by atomic mass is 28.4. The minimum Gasteiger partial charge on any atom is -0.497 e. The molecule has 13 nitrogen and oxygen atoms in total. The Kier molecular flexibility index (Phi) is 16.2. The van der Waals surface area contributed by atoms with Gasteiger partial charge in [0.25, 0.3) is 0 Å². The second-order valence-corrected chi connectivity index (χ2v) is 32.6. The molecule has 1 aliphatic rings. The molecule has 1 saturated heterocycles. The van der Waals surface area contributed by atoms with E-state index in [4.69, 9.17) is 42.8 Å². The van der Waals surface area contributed by atoms with Gasteiger partial charge in [0.15, 0.2) is 33.6 Å². The van der Waals surface area contributed by atoms with Gasteiger partial charge in [-0.15, -0.1) is 0 Å². The molecule has 15 heteroatoms. The van der Waals surface area contributed by atoms with Crippen LogP contribution in [-0.4, -0.2) is 75.0 Å². The first-order valence-electron chi connectivity index (χ1n) is 26.7.